The van der Waals surface area contributed by atoms with Crippen molar-refractivity contribution in [2.75, 3.05) is 13.1 Å². The highest BCUT2D eigenvalue weighted by molar-refractivity contribution is 6.31. The van der Waals surface area contributed by atoms with Crippen molar-refractivity contribution in [3.05, 3.63) is 65.0 Å². The highest BCUT2D eigenvalue weighted by Crippen LogP contribution is 2.30. The number of nitrogens with one attached hydrogen (secondary N) is 2. The van der Waals surface area contributed by atoms with Crippen LogP contribution in [0.2, 0.25) is 5.02 Å². The van der Waals surface area contributed by atoms with Crippen molar-refractivity contribution < 1.29 is 23.5 Å². The molecule has 4 aromatic rings. The number of fused-ring (bicyclic) bond motifs is 2. The smallest absolute Gasteiger partial charge is 0.410 e. The zero-order chi connectivity index (χ0) is 26.2. The van der Waals surface area contributed by atoms with Crippen molar-refractivity contribution in [2.24, 2.45) is 0 Å². The first kappa shape index (κ1) is 25.0. The third kappa shape index (κ3) is 5.69. The Kier molecular flexibility index (Phi) is 6.77. The van der Waals surface area contributed by atoms with Gasteiger partial charge in [-0.25, -0.2) is 4.79 Å². The van der Waals surface area contributed by atoms with Crippen LogP contribution < -0.4 is 10.1 Å². The first-order valence-electron chi connectivity index (χ1n) is 12.4. The number of furan rings is 1. The fraction of sp³-hybridized carbons (Fsp3) is 0.357. The Morgan fingerprint density at radius 1 is 1.14 bits per heavy atom. The molecular formula is C28H30ClN3O5. The van der Waals surface area contributed by atoms with E-state index >= 15 is 0 Å². The van der Waals surface area contributed by atoms with Crippen LogP contribution in [0, 0.1) is 0 Å². The summed E-state index contributed by atoms with van der Waals surface area (Å²) in [4.78, 5) is 30.2. The molecule has 1 aliphatic heterocycles. The van der Waals surface area contributed by atoms with Gasteiger partial charge in [0.1, 0.15) is 29.2 Å². The van der Waals surface area contributed by atoms with Gasteiger partial charge in [0.15, 0.2) is 0 Å². The van der Waals surface area contributed by atoms with Gasteiger partial charge in [0.25, 0.3) is 5.91 Å². The number of hydrogen-bond donors (Lipinski definition) is 2. The van der Waals surface area contributed by atoms with Crippen LogP contribution >= 0.6 is 11.6 Å². The highest BCUT2D eigenvalue weighted by Gasteiger charge is 2.28. The lowest BCUT2D eigenvalue weighted by Gasteiger charge is -2.33. The summed E-state index contributed by atoms with van der Waals surface area (Å²) in [5.41, 5.74) is 2.38. The molecule has 2 aromatic heterocycles. The van der Waals surface area contributed by atoms with Crippen molar-refractivity contribution in [2.45, 2.75) is 51.9 Å². The minimum absolute atomic E-state index is 0.0190. The van der Waals surface area contributed by atoms with E-state index in [1.165, 1.54) is 0 Å². The number of H-pyrrole nitrogens is 1. The van der Waals surface area contributed by atoms with Crippen LogP contribution in [0.4, 0.5) is 4.79 Å². The molecule has 0 spiro atoms. The van der Waals surface area contributed by atoms with Crippen molar-refractivity contribution in [1.29, 1.82) is 0 Å². The Morgan fingerprint density at radius 3 is 2.68 bits per heavy atom. The van der Waals surface area contributed by atoms with E-state index in [-0.39, 0.29) is 18.0 Å². The van der Waals surface area contributed by atoms with Gasteiger partial charge in [-0.3, -0.25) is 4.79 Å². The molecule has 9 heteroatoms. The molecule has 0 unspecified atom stereocenters. The van der Waals surface area contributed by atoms with Gasteiger partial charge in [-0.1, -0.05) is 17.7 Å². The van der Waals surface area contributed by atoms with Crippen molar-refractivity contribution in [3.8, 4) is 5.75 Å². The normalized spacial score (nSPS) is 14.8. The van der Waals surface area contributed by atoms with Gasteiger partial charge in [-0.05, 0) is 70.0 Å². The molecule has 0 aliphatic carbocycles. The van der Waals surface area contributed by atoms with Gasteiger partial charge in [0, 0.05) is 46.0 Å². The first-order valence-corrected chi connectivity index (χ1v) is 12.7. The van der Waals surface area contributed by atoms with E-state index in [1.807, 2.05) is 51.1 Å². The molecule has 1 fully saturated rings. The van der Waals surface area contributed by atoms with Crippen LogP contribution in [-0.4, -0.2) is 46.6 Å². The molecule has 5 rings (SSSR count). The predicted octanol–water partition coefficient (Wildman–Crippen LogP) is 6.28. The van der Waals surface area contributed by atoms with Crippen LogP contribution in [0.15, 0.2) is 53.1 Å². The maximum atomic E-state index is 13.0. The van der Waals surface area contributed by atoms with Gasteiger partial charge < -0.3 is 29.1 Å². The Balaban J connectivity index is 1.22. The van der Waals surface area contributed by atoms with E-state index in [9.17, 15) is 9.59 Å². The number of halogens is 1. The largest absolute Gasteiger partial charge is 0.488 e. The number of ether oxygens (including phenoxy) is 2. The van der Waals surface area contributed by atoms with Crippen LogP contribution in [0.5, 0.6) is 5.75 Å². The second kappa shape index (κ2) is 10.0. The van der Waals surface area contributed by atoms with Crippen LogP contribution in [-0.2, 0) is 11.3 Å². The van der Waals surface area contributed by atoms with Gasteiger partial charge in [0.2, 0.25) is 0 Å². The molecule has 0 bridgehead atoms. The lowest BCUT2D eigenvalue weighted by atomic mass is 10.1. The number of hydrogen-bond acceptors (Lipinski definition) is 5. The summed E-state index contributed by atoms with van der Waals surface area (Å²) < 4.78 is 17.2. The van der Waals surface area contributed by atoms with Gasteiger partial charge in [0.05, 0.1) is 6.26 Å². The molecule has 1 aliphatic rings. The van der Waals surface area contributed by atoms with Crippen LogP contribution in [0.1, 0.15) is 49.7 Å². The third-order valence-electron chi connectivity index (χ3n) is 6.35. The number of rotatable bonds is 5. The summed E-state index contributed by atoms with van der Waals surface area (Å²) in [7, 11) is 0. The number of aromatic amines is 1. The van der Waals surface area contributed by atoms with Crippen LogP contribution in [0.25, 0.3) is 21.9 Å². The van der Waals surface area contributed by atoms with Crippen molar-refractivity contribution in [3.63, 3.8) is 0 Å². The minimum Gasteiger partial charge on any atom is -0.488 e. The molecule has 0 atom stereocenters. The average molecular weight is 524 g/mol. The van der Waals surface area contributed by atoms with Crippen molar-refractivity contribution in [1.82, 2.24) is 15.2 Å². The maximum Gasteiger partial charge on any atom is 0.410 e. The molecule has 0 saturated carbocycles. The summed E-state index contributed by atoms with van der Waals surface area (Å²) in [6, 6.07) is 12.9. The van der Waals surface area contributed by atoms with E-state index in [4.69, 9.17) is 25.5 Å². The molecule has 2 aromatic carbocycles. The fourth-order valence-corrected chi connectivity index (χ4v) is 4.67. The quantitative estimate of drug-likeness (QED) is 0.321. The van der Waals surface area contributed by atoms with E-state index in [0.717, 1.165) is 27.4 Å². The van der Waals surface area contributed by atoms with E-state index in [0.29, 0.717) is 49.0 Å². The monoisotopic (exact) mass is 523 g/mol. The van der Waals surface area contributed by atoms with E-state index in [2.05, 4.69) is 10.3 Å². The number of carbonyl (C=O) groups excluding carboxylic acids is 2. The Hall–Kier alpha value is -3.65. The summed E-state index contributed by atoms with van der Waals surface area (Å²) >= 11 is 6.14. The lowest BCUT2D eigenvalue weighted by Crippen LogP contribution is -2.47. The molecule has 2 amide bonds. The number of likely N-dealkylation sites (tertiary alicyclic amines) is 1. The van der Waals surface area contributed by atoms with E-state index < -0.39 is 5.60 Å². The number of amides is 2. The van der Waals surface area contributed by atoms with Gasteiger partial charge in [-0.15, -0.1) is 0 Å². The lowest BCUT2D eigenvalue weighted by molar-refractivity contribution is 0.0199. The summed E-state index contributed by atoms with van der Waals surface area (Å²) in [5, 5.41) is 5.45. The molecule has 2 N–H and O–H groups in total. The number of carbonyl (C=O) groups is 2. The summed E-state index contributed by atoms with van der Waals surface area (Å²) in [5.74, 6) is 0.475. The molecule has 194 valence electrons. The molecule has 37 heavy (non-hydrogen) atoms. The maximum absolute atomic E-state index is 13.0. The molecule has 1 saturated heterocycles. The second-order valence-electron chi connectivity index (χ2n) is 10.3. The number of benzene rings is 2. The zero-order valence-electron chi connectivity index (χ0n) is 21.1. The Bertz CT molecular complexity index is 1440. The SMILES string of the molecule is CC(C)(C)OC(=O)N1CCC(NC(=O)c2cc3c(OCc4coc5ccc(Cl)cc45)cccc3[nH]2)CC1. The molecule has 0 radical (unpaired) electrons. The summed E-state index contributed by atoms with van der Waals surface area (Å²) in [6.07, 6.45) is 2.70. The molecule has 8 nitrogen and oxygen atoms in total. The number of aromatic nitrogens is 1. The fourth-order valence-electron chi connectivity index (χ4n) is 4.49. The number of nitrogens with zero attached hydrogens (tertiary/aromatic N) is 1. The number of piperidine rings is 1. The molecular weight excluding hydrogens is 494 g/mol. The van der Waals surface area contributed by atoms with Gasteiger partial charge >= 0.3 is 6.09 Å². The predicted molar refractivity (Wildman–Crippen MR) is 142 cm³/mol. The van der Waals surface area contributed by atoms with Crippen molar-refractivity contribution >= 4 is 45.5 Å². The van der Waals surface area contributed by atoms with Crippen LogP contribution in [0.3, 0.4) is 0 Å². The zero-order valence-corrected chi connectivity index (χ0v) is 21.9. The highest BCUT2D eigenvalue weighted by atomic mass is 35.5. The standard InChI is InChI=1S/C28H30ClN3O5/c1-28(2,3)37-27(34)32-11-9-19(10-12-32)30-26(33)23-14-21-22(31-23)5-4-6-24(21)35-15-17-16-36-25-8-7-18(29)13-20(17)25/h4-8,13-14,16,19,31H,9-12,15H2,1-3H3,(H,30,33). The first-order chi connectivity index (χ1) is 17.7. The minimum atomic E-state index is -0.527. The summed E-state index contributed by atoms with van der Waals surface area (Å²) in [6.45, 7) is 6.94. The molecule has 3 heterocycles. The Labute approximate surface area is 219 Å². The third-order valence-corrected chi connectivity index (χ3v) is 6.58. The second-order valence-corrected chi connectivity index (χ2v) is 10.7. The average Bonchev–Trinajstić information content (AvgIpc) is 3.46. The topological polar surface area (TPSA) is 96.8 Å². The van der Waals surface area contributed by atoms with E-state index in [1.54, 1.807) is 23.3 Å². The van der Waals surface area contributed by atoms with Gasteiger partial charge in [-0.2, -0.15) is 0 Å². The Morgan fingerprint density at radius 2 is 1.92 bits per heavy atom.